The highest BCUT2D eigenvalue weighted by atomic mass is 127. The van der Waals surface area contributed by atoms with Crippen LogP contribution in [0, 0.1) is 9.49 Å². The molecule has 2 aliphatic heterocycles. The number of aromatic amines is 1. The Morgan fingerprint density at radius 1 is 1.31 bits per heavy atom. The van der Waals surface area contributed by atoms with E-state index in [1.807, 2.05) is 49.2 Å². The summed E-state index contributed by atoms with van der Waals surface area (Å²) in [5.74, 6) is 0.570. The van der Waals surface area contributed by atoms with Crippen LogP contribution < -0.4 is 10.6 Å². The van der Waals surface area contributed by atoms with Gasteiger partial charge in [0.25, 0.3) is 0 Å². The van der Waals surface area contributed by atoms with Crippen molar-refractivity contribution in [2.75, 3.05) is 7.11 Å². The van der Waals surface area contributed by atoms with Gasteiger partial charge in [0.05, 0.1) is 31.2 Å². The van der Waals surface area contributed by atoms with Gasteiger partial charge in [-0.1, -0.05) is 26.0 Å². The Balaban J connectivity index is 1.57. The molecule has 1 aromatic carbocycles. The van der Waals surface area contributed by atoms with Crippen LogP contribution >= 0.6 is 22.6 Å². The maximum Gasteiger partial charge on any atom is 0.407 e. The third-order valence-electron chi connectivity index (χ3n) is 5.48. The van der Waals surface area contributed by atoms with Gasteiger partial charge in [-0.25, -0.2) is 9.78 Å². The summed E-state index contributed by atoms with van der Waals surface area (Å²) in [7, 11) is 1.29. The summed E-state index contributed by atoms with van der Waals surface area (Å²) in [4.78, 5) is 34.9. The van der Waals surface area contributed by atoms with Gasteiger partial charge in [0, 0.05) is 9.61 Å². The number of likely N-dealkylation sites (tertiary alicyclic amines) is 1. The molecule has 2 aliphatic rings. The van der Waals surface area contributed by atoms with Gasteiger partial charge >= 0.3 is 6.09 Å². The molecule has 2 fully saturated rings. The van der Waals surface area contributed by atoms with Crippen molar-refractivity contribution in [2.45, 2.75) is 44.6 Å². The van der Waals surface area contributed by atoms with E-state index >= 15 is 0 Å². The van der Waals surface area contributed by atoms with E-state index in [2.05, 4.69) is 43.2 Å². The molecule has 0 saturated carbocycles. The van der Waals surface area contributed by atoms with Crippen molar-refractivity contribution in [1.82, 2.24) is 25.5 Å². The molecular formula is C20H24IN5O3. The molecule has 9 heteroatoms. The number of carbonyl (C=O) groups excluding carboxylic acids is 2. The first kappa shape index (κ1) is 20.1. The number of fused-ring (bicyclic) bond motifs is 1. The molecule has 29 heavy (non-hydrogen) atoms. The Hall–Kier alpha value is -2.14. The summed E-state index contributed by atoms with van der Waals surface area (Å²) in [6.45, 7) is 3.81. The van der Waals surface area contributed by atoms with Crippen LogP contribution in [0.25, 0.3) is 11.3 Å². The Morgan fingerprint density at radius 2 is 2.03 bits per heavy atom. The molecule has 2 saturated heterocycles. The van der Waals surface area contributed by atoms with Crippen LogP contribution in [0.4, 0.5) is 4.79 Å². The van der Waals surface area contributed by atoms with Crippen LogP contribution in [0.1, 0.15) is 32.1 Å². The van der Waals surface area contributed by atoms with E-state index in [4.69, 9.17) is 4.74 Å². The number of amides is 2. The molecule has 1 aromatic heterocycles. The zero-order valence-corrected chi connectivity index (χ0v) is 18.6. The van der Waals surface area contributed by atoms with E-state index < -0.39 is 12.1 Å². The summed E-state index contributed by atoms with van der Waals surface area (Å²) in [6.07, 6.45) is 1.98. The number of benzene rings is 1. The first-order valence-corrected chi connectivity index (χ1v) is 10.7. The van der Waals surface area contributed by atoms with Crippen molar-refractivity contribution >= 4 is 34.6 Å². The second kappa shape index (κ2) is 7.94. The van der Waals surface area contributed by atoms with E-state index in [9.17, 15) is 9.59 Å². The van der Waals surface area contributed by atoms with Crippen molar-refractivity contribution in [1.29, 1.82) is 0 Å². The number of aromatic nitrogens is 2. The molecule has 2 aromatic rings. The Bertz CT molecular complexity index is 913. The van der Waals surface area contributed by atoms with Gasteiger partial charge in [0.1, 0.15) is 11.9 Å². The van der Waals surface area contributed by atoms with E-state index in [1.54, 1.807) is 0 Å². The zero-order chi connectivity index (χ0) is 20.7. The number of nitrogens with one attached hydrogen (secondary N) is 3. The predicted molar refractivity (Wildman–Crippen MR) is 116 cm³/mol. The number of nitrogens with zero attached hydrogens (tertiary/aromatic N) is 2. The topological polar surface area (TPSA) is 109 Å². The molecule has 3 N–H and O–H groups in total. The molecule has 0 bridgehead atoms. The fourth-order valence-electron chi connectivity index (χ4n) is 3.86. The summed E-state index contributed by atoms with van der Waals surface area (Å²) in [5.41, 5.74) is 1.97. The normalized spacial score (nSPS) is 23.6. The molecule has 2 amide bonds. The highest BCUT2D eigenvalue weighted by Gasteiger charge is 2.56. The fraction of sp³-hybridized carbons (Fsp3) is 0.450. The van der Waals surface area contributed by atoms with Gasteiger partial charge in [-0.05, 0) is 52.6 Å². The third-order valence-corrected chi connectivity index (χ3v) is 6.20. The smallest absolute Gasteiger partial charge is 0.407 e. The maximum absolute atomic E-state index is 13.3. The summed E-state index contributed by atoms with van der Waals surface area (Å²) in [5, 5.41) is 6.00. The molecule has 4 atom stereocenters. The number of carbonyl (C=O) groups is 2. The van der Waals surface area contributed by atoms with Crippen LogP contribution in [0.3, 0.4) is 0 Å². The van der Waals surface area contributed by atoms with Crippen molar-refractivity contribution in [3.63, 3.8) is 0 Å². The van der Waals surface area contributed by atoms with Gasteiger partial charge in [-0.2, -0.15) is 0 Å². The number of methoxy groups -OCH3 is 1. The van der Waals surface area contributed by atoms with Crippen molar-refractivity contribution < 1.29 is 14.3 Å². The number of imidazole rings is 1. The predicted octanol–water partition coefficient (Wildman–Crippen LogP) is 2.63. The second-order valence-corrected chi connectivity index (χ2v) is 9.01. The number of alkyl carbamates (subject to hydrolysis) is 1. The van der Waals surface area contributed by atoms with Gasteiger partial charge in [0.15, 0.2) is 0 Å². The molecule has 0 radical (unpaired) electrons. The molecule has 3 heterocycles. The molecule has 0 unspecified atom stereocenters. The number of hydrogen-bond acceptors (Lipinski definition) is 5. The maximum atomic E-state index is 13.3. The highest BCUT2D eigenvalue weighted by molar-refractivity contribution is 14.1. The van der Waals surface area contributed by atoms with Crippen molar-refractivity contribution in [3.05, 3.63) is 39.9 Å². The number of hydrogen-bond donors (Lipinski definition) is 3. The Labute approximate surface area is 182 Å². The van der Waals surface area contributed by atoms with E-state index in [0.29, 0.717) is 0 Å². The van der Waals surface area contributed by atoms with Crippen molar-refractivity contribution in [2.24, 2.45) is 5.92 Å². The summed E-state index contributed by atoms with van der Waals surface area (Å²) in [6, 6.07) is 7.64. The average molecular weight is 509 g/mol. The van der Waals surface area contributed by atoms with Gasteiger partial charge in [-0.3, -0.25) is 10.1 Å². The van der Waals surface area contributed by atoms with Crippen LogP contribution in [0.2, 0.25) is 0 Å². The minimum Gasteiger partial charge on any atom is -0.453 e. The first-order chi connectivity index (χ1) is 13.9. The quantitative estimate of drug-likeness (QED) is 0.424. The largest absolute Gasteiger partial charge is 0.453 e. The second-order valence-electron chi connectivity index (χ2n) is 7.76. The highest BCUT2D eigenvalue weighted by Crippen LogP contribution is 2.42. The van der Waals surface area contributed by atoms with Gasteiger partial charge in [0.2, 0.25) is 5.91 Å². The van der Waals surface area contributed by atoms with E-state index in [1.165, 1.54) is 10.7 Å². The van der Waals surface area contributed by atoms with Gasteiger partial charge in [-0.15, -0.1) is 0 Å². The number of halogens is 1. The average Bonchev–Trinajstić information content (AvgIpc) is 3.14. The summed E-state index contributed by atoms with van der Waals surface area (Å²) < 4.78 is 5.87. The van der Waals surface area contributed by atoms with E-state index in [0.717, 1.165) is 23.5 Å². The minimum absolute atomic E-state index is 0.0138. The van der Waals surface area contributed by atoms with Crippen LogP contribution in [-0.4, -0.2) is 52.2 Å². The fourth-order valence-corrected chi connectivity index (χ4v) is 4.22. The van der Waals surface area contributed by atoms with Crippen LogP contribution in [0.15, 0.2) is 30.5 Å². The monoisotopic (exact) mass is 509 g/mol. The first-order valence-electron chi connectivity index (χ1n) is 9.62. The lowest BCUT2D eigenvalue weighted by atomic mass is 10.0. The van der Waals surface area contributed by atoms with Crippen LogP contribution in [-0.2, 0) is 9.53 Å². The number of rotatable bonds is 5. The zero-order valence-electron chi connectivity index (χ0n) is 16.5. The minimum atomic E-state index is -0.656. The lowest BCUT2D eigenvalue weighted by molar-refractivity contribution is -0.137. The summed E-state index contributed by atoms with van der Waals surface area (Å²) >= 11 is 2.28. The van der Waals surface area contributed by atoms with Crippen LogP contribution in [0.5, 0.6) is 0 Å². The molecule has 0 spiro atoms. The molecule has 0 aliphatic carbocycles. The van der Waals surface area contributed by atoms with Gasteiger partial charge < -0.3 is 19.9 Å². The lowest BCUT2D eigenvalue weighted by Crippen LogP contribution is -2.52. The molecule has 154 valence electrons. The molecule has 8 nitrogen and oxygen atoms in total. The number of H-pyrrole nitrogens is 1. The third kappa shape index (κ3) is 3.97. The Kier molecular flexibility index (Phi) is 5.52. The van der Waals surface area contributed by atoms with Crippen molar-refractivity contribution in [3.8, 4) is 11.3 Å². The van der Waals surface area contributed by atoms with E-state index in [-0.39, 0.29) is 30.1 Å². The lowest BCUT2D eigenvalue weighted by Gasteiger charge is -2.31. The number of ether oxygens (including phenoxy) is 1. The Morgan fingerprint density at radius 3 is 2.69 bits per heavy atom. The molecular weight excluding hydrogens is 485 g/mol. The SMILES string of the molecule is COC(=O)N[C@H](C(=O)N1[C@@H]2N[C@@H]2C[C@H]1c1ncc(-c2ccc(I)cc2)[nH]1)C(C)C. The standard InChI is InChI=1S/C20H24IN5O3/c1-10(2)16(25-20(28)29-3)19(27)26-15(8-13-18(26)24-13)17-22-9-14(23-17)11-4-6-12(21)7-5-11/h4-7,9-10,13,15-16,18,24H,8H2,1-3H3,(H,22,23)(H,25,28)/t13-,15+,16+,18+/m1/s1. The molecule has 4 rings (SSSR count).